The van der Waals surface area contributed by atoms with Crippen LogP contribution >= 0.6 is 0 Å². The Morgan fingerprint density at radius 3 is 2.70 bits per heavy atom. The lowest BCUT2D eigenvalue weighted by atomic mass is 10.1. The molecular weight excluding hydrogens is 405 g/mol. The number of rotatable bonds is 7. The molecule has 1 aromatic carbocycles. The number of carbonyl (C=O) groups is 2. The topological polar surface area (TPSA) is 89.8 Å². The monoisotopic (exact) mass is 426 g/mol. The van der Waals surface area contributed by atoms with Crippen molar-refractivity contribution in [3.63, 3.8) is 0 Å². The molecule has 2 aromatic rings. The van der Waals surface area contributed by atoms with Crippen LogP contribution in [0.2, 0.25) is 0 Å². The van der Waals surface area contributed by atoms with Gasteiger partial charge in [-0.05, 0) is 50.1 Å². The van der Waals surface area contributed by atoms with Crippen molar-refractivity contribution >= 4 is 23.2 Å². The van der Waals surface area contributed by atoms with E-state index in [0.29, 0.717) is 6.61 Å². The molecule has 3 rings (SSSR count). The number of carbonyl (C=O) groups excluding carboxylic acids is 2. The lowest BCUT2D eigenvalue weighted by molar-refractivity contribution is -0.137. The molecule has 1 fully saturated rings. The van der Waals surface area contributed by atoms with Crippen molar-refractivity contribution in [3.8, 4) is 0 Å². The van der Waals surface area contributed by atoms with Crippen molar-refractivity contribution < 1.29 is 36.7 Å². The molecule has 0 saturated carbocycles. The number of halogens is 3. The lowest BCUT2D eigenvalue weighted by Gasteiger charge is -2.19. The van der Waals surface area contributed by atoms with E-state index in [9.17, 15) is 22.8 Å². The molecule has 2 N–H and O–H groups in total. The number of ether oxygens (including phenoxy) is 2. The van der Waals surface area contributed by atoms with E-state index in [-0.39, 0.29) is 24.2 Å². The number of furan rings is 1. The Hall–Kier alpha value is -2.85. The van der Waals surface area contributed by atoms with Crippen LogP contribution in [0.25, 0.3) is 0 Å². The second-order valence-corrected chi connectivity index (χ2v) is 6.79. The van der Waals surface area contributed by atoms with E-state index < -0.39 is 35.3 Å². The highest BCUT2D eigenvalue weighted by atomic mass is 19.4. The summed E-state index contributed by atoms with van der Waals surface area (Å²) in [6.45, 7) is 2.28. The van der Waals surface area contributed by atoms with Gasteiger partial charge in [0.25, 0.3) is 11.8 Å². The molecule has 2 heterocycles. The zero-order valence-electron chi connectivity index (χ0n) is 16.1. The Morgan fingerprint density at radius 2 is 2.07 bits per heavy atom. The minimum Gasteiger partial charge on any atom is -0.459 e. The average molecular weight is 426 g/mol. The fourth-order valence-electron chi connectivity index (χ4n) is 2.90. The molecule has 1 saturated heterocycles. The number of alkyl halides is 3. The van der Waals surface area contributed by atoms with Crippen molar-refractivity contribution in [2.24, 2.45) is 0 Å². The number of amides is 2. The number of hydrogen-bond acceptors (Lipinski definition) is 5. The molecule has 162 valence electrons. The van der Waals surface area contributed by atoms with E-state index in [2.05, 4.69) is 10.6 Å². The van der Waals surface area contributed by atoms with Gasteiger partial charge in [0.05, 0.1) is 30.2 Å². The number of benzene rings is 1. The molecule has 1 aliphatic rings. The van der Waals surface area contributed by atoms with Crippen LogP contribution in [0.5, 0.6) is 0 Å². The van der Waals surface area contributed by atoms with Gasteiger partial charge in [-0.1, -0.05) is 0 Å². The smallest absolute Gasteiger partial charge is 0.418 e. The first kappa shape index (κ1) is 21.8. The normalized spacial score (nSPS) is 17.5. The summed E-state index contributed by atoms with van der Waals surface area (Å²) in [6.07, 6.45) is -2.83. The van der Waals surface area contributed by atoms with E-state index in [0.717, 1.165) is 25.0 Å². The SMILES string of the molecule is CC(OCC1CCCO1)C(=O)Nc1ccc(NC(=O)c2ccco2)cc1C(F)(F)F. The first-order chi connectivity index (χ1) is 14.2. The summed E-state index contributed by atoms with van der Waals surface area (Å²) >= 11 is 0. The predicted octanol–water partition coefficient (Wildman–Crippen LogP) is 4.07. The fourth-order valence-corrected chi connectivity index (χ4v) is 2.90. The minimum atomic E-state index is -4.75. The Kier molecular flexibility index (Phi) is 6.78. The molecule has 0 spiro atoms. The third-order valence-corrected chi connectivity index (χ3v) is 4.51. The second kappa shape index (κ2) is 9.31. The van der Waals surface area contributed by atoms with Crippen LogP contribution in [0, 0.1) is 0 Å². The molecule has 0 aliphatic carbocycles. The molecular formula is C20H21F3N2O5. The first-order valence-corrected chi connectivity index (χ1v) is 9.34. The van der Waals surface area contributed by atoms with E-state index in [1.165, 1.54) is 31.4 Å². The summed E-state index contributed by atoms with van der Waals surface area (Å²) < 4.78 is 56.3. The molecule has 1 aliphatic heterocycles. The third-order valence-electron chi connectivity index (χ3n) is 4.51. The summed E-state index contributed by atoms with van der Waals surface area (Å²) in [6, 6.07) is 5.94. The van der Waals surface area contributed by atoms with E-state index in [1.54, 1.807) is 0 Å². The van der Waals surface area contributed by atoms with Crippen LogP contribution in [-0.4, -0.2) is 37.2 Å². The van der Waals surface area contributed by atoms with Crippen molar-refractivity contribution in [2.45, 2.75) is 38.1 Å². The van der Waals surface area contributed by atoms with Gasteiger partial charge in [0.2, 0.25) is 0 Å². The largest absolute Gasteiger partial charge is 0.459 e. The summed E-state index contributed by atoms with van der Waals surface area (Å²) in [5.41, 5.74) is -1.63. The first-order valence-electron chi connectivity index (χ1n) is 9.34. The zero-order valence-corrected chi connectivity index (χ0v) is 16.1. The van der Waals surface area contributed by atoms with Gasteiger partial charge in [-0.3, -0.25) is 9.59 Å². The van der Waals surface area contributed by atoms with E-state index in [4.69, 9.17) is 13.9 Å². The Balaban J connectivity index is 1.68. The standard InChI is InChI=1S/C20H21F3N2O5/c1-12(30-11-14-4-2-8-28-14)18(26)25-16-7-6-13(10-15(16)20(21,22)23)24-19(27)17-5-3-9-29-17/h3,5-7,9-10,12,14H,2,4,8,11H2,1H3,(H,24,27)(H,25,26). The van der Waals surface area contributed by atoms with Gasteiger partial charge in [0.1, 0.15) is 6.10 Å². The van der Waals surface area contributed by atoms with Crippen molar-refractivity contribution in [1.29, 1.82) is 0 Å². The maximum atomic E-state index is 13.5. The summed E-state index contributed by atoms with van der Waals surface area (Å²) in [4.78, 5) is 24.3. The van der Waals surface area contributed by atoms with Crippen molar-refractivity contribution in [3.05, 3.63) is 47.9 Å². The minimum absolute atomic E-state index is 0.0434. The Bertz CT molecular complexity index is 877. The van der Waals surface area contributed by atoms with Crippen molar-refractivity contribution in [1.82, 2.24) is 0 Å². The average Bonchev–Trinajstić information content (AvgIpc) is 3.40. The summed E-state index contributed by atoms with van der Waals surface area (Å²) in [5, 5.41) is 4.57. The van der Waals surface area contributed by atoms with Gasteiger partial charge in [0, 0.05) is 12.3 Å². The van der Waals surface area contributed by atoms with Gasteiger partial charge in [-0.2, -0.15) is 13.2 Å². The predicted molar refractivity (Wildman–Crippen MR) is 101 cm³/mol. The number of anilines is 2. The Morgan fingerprint density at radius 1 is 1.27 bits per heavy atom. The van der Waals surface area contributed by atoms with Crippen LogP contribution in [-0.2, 0) is 20.4 Å². The fraction of sp³-hybridized carbons (Fsp3) is 0.400. The maximum absolute atomic E-state index is 13.5. The molecule has 0 bridgehead atoms. The van der Waals surface area contributed by atoms with Crippen LogP contribution in [0.1, 0.15) is 35.9 Å². The van der Waals surface area contributed by atoms with Gasteiger partial charge in [-0.15, -0.1) is 0 Å². The van der Waals surface area contributed by atoms with Crippen LogP contribution in [0.3, 0.4) is 0 Å². The molecule has 0 radical (unpaired) electrons. The second-order valence-electron chi connectivity index (χ2n) is 6.79. The molecule has 2 unspecified atom stereocenters. The van der Waals surface area contributed by atoms with Gasteiger partial charge in [0.15, 0.2) is 5.76 Å². The zero-order chi connectivity index (χ0) is 21.7. The van der Waals surface area contributed by atoms with Gasteiger partial charge < -0.3 is 24.5 Å². The number of hydrogen-bond donors (Lipinski definition) is 2. The van der Waals surface area contributed by atoms with Crippen molar-refractivity contribution in [2.75, 3.05) is 23.8 Å². The molecule has 10 heteroatoms. The molecule has 7 nitrogen and oxygen atoms in total. The quantitative estimate of drug-likeness (QED) is 0.697. The lowest BCUT2D eigenvalue weighted by Crippen LogP contribution is -2.31. The molecule has 1 aromatic heterocycles. The Labute approximate surface area is 170 Å². The maximum Gasteiger partial charge on any atom is 0.418 e. The highest BCUT2D eigenvalue weighted by Crippen LogP contribution is 2.36. The van der Waals surface area contributed by atoms with Gasteiger partial charge >= 0.3 is 6.18 Å². The van der Waals surface area contributed by atoms with E-state index in [1.807, 2.05) is 0 Å². The van der Waals surface area contributed by atoms with Gasteiger partial charge in [-0.25, -0.2) is 0 Å². The van der Waals surface area contributed by atoms with E-state index >= 15 is 0 Å². The van der Waals surface area contributed by atoms with Crippen LogP contribution < -0.4 is 10.6 Å². The highest BCUT2D eigenvalue weighted by molar-refractivity contribution is 6.02. The summed E-state index contributed by atoms with van der Waals surface area (Å²) in [7, 11) is 0. The molecule has 2 amide bonds. The van der Waals surface area contributed by atoms with Crippen LogP contribution in [0.15, 0.2) is 41.0 Å². The van der Waals surface area contributed by atoms with Crippen LogP contribution in [0.4, 0.5) is 24.5 Å². The highest BCUT2D eigenvalue weighted by Gasteiger charge is 2.35. The third kappa shape index (κ3) is 5.61. The number of nitrogens with one attached hydrogen (secondary N) is 2. The molecule has 2 atom stereocenters. The summed E-state index contributed by atoms with van der Waals surface area (Å²) in [5.74, 6) is -1.45. The molecule has 30 heavy (non-hydrogen) atoms.